The van der Waals surface area contributed by atoms with Gasteiger partial charge in [0.25, 0.3) is 0 Å². The van der Waals surface area contributed by atoms with Crippen molar-refractivity contribution >= 4 is 8.07 Å². The minimum atomic E-state index is -1.44. The van der Waals surface area contributed by atoms with Gasteiger partial charge in [0.1, 0.15) is 8.07 Å². The van der Waals surface area contributed by atoms with Crippen molar-refractivity contribution in [3.05, 3.63) is 96.6 Å². The third-order valence-electron chi connectivity index (χ3n) is 4.79. The first-order valence-corrected chi connectivity index (χ1v) is 14.4. The molecule has 0 heterocycles. The van der Waals surface area contributed by atoms with Gasteiger partial charge in [0.15, 0.2) is 0 Å². The maximum atomic E-state index is 6.21. The monoisotopic (exact) mass is 432 g/mol. The zero-order valence-corrected chi connectivity index (χ0v) is 20.3. The molecule has 0 bridgehead atoms. The van der Waals surface area contributed by atoms with Crippen molar-refractivity contribution in [2.24, 2.45) is 5.41 Å². The molecule has 2 aromatic carbocycles. The van der Waals surface area contributed by atoms with E-state index in [0.29, 0.717) is 26.4 Å². The van der Waals surface area contributed by atoms with Crippen molar-refractivity contribution in [1.29, 1.82) is 0 Å². The van der Waals surface area contributed by atoms with Gasteiger partial charge >= 0.3 is 0 Å². The lowest BCUT2D eigenvalue weighted by Crippen LogP contribution is -2.32. The standard InChI is InChI=1S/C28H36O2Si/c1-5-6-13-19-28(20-14-21-31(2,3)4,24-29-22-26-15-9-7-10-16-26)25-30-23-27-17-11-8-12-18-27/h5-13,15-18H,1,19-20,22-25H2,2-4H3/b13-6+. The third kappa shape index (κ3) is 10.5. The molecule has 0 saturated carbocycles. The molecule has 31 heavy (non-hydrogen) atoms. The summed E-state index contributed by atoms with van der Waals surface area (Å²) in [6.07, 6.45) is 7.55. The number of hydrogen-bond acceptors (Lipinski definition) is 2. The van der Waals surface area contributed by atoms with Crippen LogP contribution in [0.25, 0.3) is 0 Å². The first-order valence-electron chi connectivity index (χ1n) is 10.9. The summed E-state index contributed by atoms with van der Waals surface area (Å²) in [5, 5.41) is 0. The van der Waals surface area contributed by atoms with Crippen molar-refractivity contribution in [3.8, 4) is 11.5 Å². The number of hydrogen-bond donors (Lipinski definition) is 0. The van der Waals surface area contributed by atoms with Crippen LogP contribution in [0, 0.1) is 16.9 Å². The molecule has 0 radical (unpaired) electrons. The topological polar surface area (TPSA) is 18.5 Å². The van der Waals surface area contributed by atoms with E-state index in [9.17, 15) is 0 Å². The van der Waals surface area contributed by atoms with Crippen molar-refractivity contribution < 1.29 is 9.47 Å². The molecule has 2 aromatic rings. The van der Waals surface area contributed by atoms with E-state index in [4.69, 9.17) is 9.47 Å². The maximum absolute atomic E-state index is 6.21. The number of ether oxygens (including phenoxy) is 2. The zero-order chi connectivity index (χ0) is 22.4. The Morgan fingerprint density at radius 2 is 1.39 bits per heavy atom. The van der Waals surface area contributed by atoms with Gasteiger partial charge < -0.3 is 9.47 Å². The second kappa shape index (κ2) is 13.1. The predicted octanol–water partition coefficient (Wildman–Crippen LogP) is 6.81. The van der Waals surface area contributed by atoms with Crippen LogP contribution >= 0.6 is 0 Å². The van der Waals surface area contributed by atoms with E-state index in [1.54, 1.807) is 0 Å². The molecule has 0 saturated heterocycles. The van der Waals surface area contributed by atoms with Gasteiger partial charge in [-0.25, -0.2) is 0 Å². The van der Waals surface area contributed by atoms with Gasteiger partial charge in [0.05, 0.1) is 26.4 Å². The molecular weight excluding hydrogens is 396 g/mol. The summed E-state index contributed by atoms with van der Waals surface area (Å²) in [6.45, 7) is 13.0. The molecule has 3 heteroatoms. The van der Waals surface area contributed by atoms with E-state index in [1.165, 1.54) is 11.1 Å². The highest BCUT2D eigenvalue weighted by molar-refractivity contribution is 6.83. The minimum Gasteiger partial charge on any atom is -0.376 e. The van der Waals surface area contributed by atoms with Crippen LogP contribution in [-0.4, -0.2) is 21.3 Å². The second-order valence-electron chi connectivity index (χ2n) is 9.05. The fourth-order valence-electron chi connectivity index (χ4n) is 3.16. The van der Waals surface area contributed by atoms with Crippen LogP contribution in [0.3, 0.4) is 0 Å². The van der Waals surface area contributed by atoms with E-state index in [2.05, 4.69) is 68.0 Å². The average molecular weight is 433 g/mol. The van der Waals surface area contributed by atoms with Gasteiger partial charge in [0, 0.05) is 11.8 Å². The van der Waals surface area contributed by atoms with Crippen LogP contribution in [0.5, 0.6) is 0 Å². The first kappa shape index (κ1) is 24.9. The molecular formula is C28H36O2Si. The highest BCUT2D eigenvalue weighted by atomic mass is 28.3. The molecule has 0 amide bonds. The summed E-state index contributed by atoms with van der Waals surface area (Å²) in [5.74, 6) is 3.48. The Bertz CT molecular complexity index is 809. The van der Waals surface area contributed by atoms with Crippen molar-refractivity contribution in [1.82, 2.24) is 0 Å². The number of benzene rings is 2. The fourth-order valence-corrected chi connectivity index (χ4v) is 3.78. The van der Waals surface area contributed by atoms with Gasteiger partial charge in [-0.3, -0.25) is 0 Å². The van der Waals surface area contributed by atoms with Crippen molar-refractivity contribution in [2.45, 2.75) is 45.7 Å². The normalized spacial score (nSPS) is 11.8. The Morgan fingerprint density at radius 1 is 0.871 bits per heavy atom. The van der Waals surface area contributed by atoms with E-state index >= 15 is 0 Å². The van der Waals surface area contributed by atoms with E-state index in [1.807, 2.05) is 48.6 Å². The van der Waals surface area contributed by atoms with Crippen LogP contribution in [0.4, 0.5) is 0 Å². The lowest BCUT2D eigenvalue weighted by atomic mass is 9.82. The fraction of sp³-hybridized carbons (Fsp3) is 0.357. The summed E-state index contributed by atoms with van der Waals surface area (Å²) in [4.78, 5) is 0. The summed E-state index contributed by atoms with van der Waals surface area (Å²) in [6, 6.07) is 20.6. The third-order valence-corrected chi connectivity index (χ3v) is 5.72. The molecule has 0 spiro atoms. The number of allylic oxidation sites excluding steroid dienone is 3. The molecule has 0 aliphatic rings. The van der Waals surface area contributed by atoms with E-state index in [0.717, 1.165) is 12.8 Å². The highest BCUT2D eigenvalue weighted by Crippen LogP contribution is 2.29. The Labute approximate surface area is 190 Å². The minimum absolute atomic E-state index is 0.199. The molecule has 0 unspecified atom stereocenters. The first-order chi connectivity index (χ1) is 14.9. The maximum Gasteiger partial charge on any atom is 0.129 e. The molecule has 0 atom stereocenters. The Balaban J connectivity index is 2.13. The van der Waals surface area contributed by atoms with Crippen LogP contribution < -0.4 is 0 Å². The Hall–Kier alpha value is -2.38. The van der Waals surface area contributed by atoms with E-state index in [-0.39, 0.29) is 5.41 Å². The summed E-state index contributed by atoms with van der Waals surface area (Å²) < 4.78 is 12.4. The van der Waals surface area contributed by atoms with Gasteiger partial charge in [-0.2, -0.15) is 0 Å². The molecule has 2 rings (SSSR count). The van der Waals surface area contributed by atoms with Crippen molar-refractivity contribution in [2.75, 3.05) is 13.2 Å². The Morgan fingerprint density at radius 3 is 1.84 bits per heavy atom. The van der Waals surface area contributed by atoms with Crippen LogP contribution in [0.2, 0.25) is 19.6 Å². The van der Waals surface area contributed by atoms with E-state index < -0.39 is 8.07 Å². The largest absolute Gasteiger partial charge is 0.376 e. The van der Waals surface area contributed by atoms with Crippen LogP contribution in [0.1, 0.15) is 24.0 Å². The molecule has 0 N–H and O–H groups in total. The summed E-state index contributed by atoms with van der Waals surface area (Å²) in [5.41, 5.74) is 5.67. The van der Waals surface area contributed by atoms with Crippen molar-refractivity contribution in [3.63, 3.8) is 0 Å². The predicted molar refractivity (Wildman–Crippen MR) is 134 cm³/mol. The lowest BCUT2D eigenvalue weighted by molar-refractivity contribution is -0.0294. The summed E-state index contributed by atoms with van der Waals surface area (Å²) >= 11 is 0. The van der Waals surface area contributed by atoms with Crippen LogP contribution in [0.15, 0.2) is 85.5 Å². The molecule has 0 aliphatic heterocycles. The average Bonchev–Trinajstić information content (AvgIpc) is 2.74. The molecule has 0 aliphatic carbocycles. The smallest absolute Gasteiger partial charge is 0.129 e. The zero-order valence-electron chi connectivity index (χ0n) is 19.3. The molecule has 0 aromatic heterocycles. The SMILES string of the molecule is C=C/C=C/CC(CC#C[Si](C)(C)C)(COCc1ccccc1)COCc1ccccc1. The lowest BCUT2D eigenvalue weighted by Gasteiger charge is -2.31. The molecule has 2 nitrogen and oxygen atoms in total. The molecule has 0 fully saturated rings. The summed E-state index contributed by atoms with van der Waals surface area (Å²) in [7, 11) is -1.44. The van der Waals surface area contributed by atoms with Gasteiger partial charge in [-0.1, -0.05) is 105 Å². The van der Waals surface area contributed by atoms with Gasteiger partial charge in [-0.05, 0) is 17.5 Å². The second-order valence-corrected chi connectivity index (χ2v) is 13.8. The van der Waals surface area contributed by atoms with Gasteiger partial charge in [0.2, 0.25) is 0 Å². The molecule has 164 valence electrons. The Kier molecular flexibility index (Phi) is 10.5. The quantitative estimate of drug-likeness (QED) is 0.208. The highest BCUT2D eigenvalue weighted by Gasteiger charge is 2.29. The van der Waals surface area contributed by atoms with Gasteiger partial charge in [-0.15, -0.1) is 11.5 Å². The van der Waals surface area contributed by atoms with Crippen LogP contribution in [-0.2, 0) is 22.7 Å². The number of rotatable bonds is 12.